The minimum atomic E-state index is -0.981. The van der Waals surface area contributed by atoms with Crippen LogP contribution in [0.4, 0.5) is 0 Å². The minimum Gasteiger partial charge on any atom is -0.480 e. The second kappa shape index (κ2) is 4.86. The number of carbonyl (C=O) groups excluding carboxylic acids is 1. The predicted molar refractivity (Wildman–Crippen MR) is 74.2 cm³/mol. The van der Waals surface area contributed by atoms with Gasteiger partial charge in [0.25, 0.3) is 5.91 Å². The van der Waals surface area contributed by atoms with Crippen molar-refractivity contribution >= 4 is 23.2 Å². The first kappa shape index (κ1) is 13.6. The summed E-state index contributed by atoms with van der Waals surface area (Å²) in [6.45, 7) is 2.45. The van der Waals surface area contributed by atoms with E-state index in [-0.39, 0.29) is 12.5 Å². The number of likely N-dealkylation sites (tertiary alicyclic amines) is 1. The number of hydrogen-bond acceptors (Lipinski definition) is 4. The first-order valence-corrected chi connectivity index (χ1v) is 7.55. The second-order valence-corrected chi connectivity index (χ2v) is 6.84. The molecule has 5 nitrogen and oxygen atoms in total. The molecule has 0 aromatic carbocycles. The third kappa shape index (κ3) is 2.45. The average molecular weight is 295 g/mol. The molecule has 2 heterocycles. The van der Waals surface area contributed by atoms with Gasteiger partial charge in [-0.2, -0.15) is 0 Å². The van der Waals surface area contributed by atoms with E-state index in [4.69, 9.17) is 9.84 Å². The molecule has 0 spiro atoms. The summed E-state index contributed by atoms with van der Waals surface area (Å²) in [7, 11) is 0. The Hall–Kier alpha value is -1.40. The minimum absolute atomic E-state index is 0.0424. The molecule has 108 valence electrons. The van der Waals surface area contributed by atoms with Crippen LogP contribution in [0.25, 0.3) is 0 Å². The van der Waals surface area contributed by atoms with Crippen molar-refractivity contribution in [2.75, 3.05) is 19.7 Å². The van der Waals surface area contributed by atoms with Crippen LogP contribution in [0.5, 0.6) is 0 Å². The van der Waals surface area contributed by atoms with Gasteiger partial charge in [0.15, 0.2) is 0 Å². The maximum Gasteiger partial charge on any atom is 0.329 e. The Balaban J connectivity index is 1.58. The van der Waals surface area contributed by atoms with Crippen LogP contribution < -0.4 is 0 Å². The SMILES string of the molecule is CC1(OCC(=O)O)CN(C(=O)c2cc3c(s2)CCC3)C1. The van der Waals surface area contributed by atoms with Crippen LogP contribution in [0.3, 0.4) is 0 Å². The number of aliphatic carboxylic acids is 1. The molecule has 0 atom stereocenters. The summed E-state index contributed by atoms with van der Waals surface area (Å²) in [4.78, 5) is 26.7. The van der Waals surface area contributed by atoms with Crippen LogP contribution in [-0.4, -0.2) is 47.2 Å². The van der Waals surface area contributed by atoms with Crippen LogP contribution in [0.2, 0.25) is 0 Å². The van der Waals surface area contributed by atoms with Crippen LogP contribution in [-0.2, 0) is 22.4 Å². The van der Waals surface area contributed by atoms with Gasteiger partial charge in [-0.15, -0.1) is 11.3 Å². The third-order valence-corrected chi connectivity index (χ3v) is 5.06. The molecule has 20 heavy (non-hydrogen) atoms. The molecular weight excluding hydrogens is 278 g/mol. The maximum atomic E-state index is 12.3. The molecule has 2 aliphatic rings. The fourth-order valence-corrected chi connectivity index (χ4v) is 4.04. The number of carboxylic acid groups (broad SMARTS) is 1. The molecule has 1 aromatic rings. The molecule has 1 N–H and O–H groups in total. The predicted octanol–water partition coefficient (Wildman–Crippen LogP) is 1.55. The number of thiophene rings is 1. The lowest BCUT2D eigenvalue weighted by Gasteiger charge is -2.47. The van der Waals surface area contributed by atoms with Gasteiger partial charge in [0.2, 0.25) is 0 Å². The molecule has 1 aromatic heterocycles. The standard InChI is InChI=1S/C14H17NO4S/c1-14(19-6-12(16)17)7-15(8-14)13(18)11-5-9-3-2-4-10(9)20-11/h5H,2-4,6-8H2,1H3,(H,16,17). The van der Waals surface area contributed by atoms with E-state index in [0.29, 0.717) is 13.1 Å². The molecule has 1 saturated heterocycles. The normalized spacial score (nSPS) is 19.6. The number of ether oxygens (including phenoxy) is 1. The molecular formula is C14H17NO4S. The molecule has 3 rings (SSSR count). The summed E-state index contributed by atoms with van der Waals surface area (Å²) >= 11 is 1.60. The fourth-order valence-electron chi connectivity index (χ4n) is 2.82. The van der Waals surface area contributed by atoms with Crippen LogP contribution in [0.15, 0.2) is 6.07 Å². The highest BCUT2D eigenvalue weighted by atomic mass is 32.1. The number of amides is 1. The van der Waals surface area contributed by atoms with Gasteiger partial charge in [0, 0.05) is 4.88 Å². The van der Waals surface area contributed by atoms with E-state index in [1.165, 1.54) is 16.9 Å². The van der Waals surface area contributed by atoms with Crippen molar-refractivity contribution in [1.29, 1.82) is 0 Å². The van der Waals surface area contributed by atoms with Gasteiger partial charge in [-0.3, -0.25) is 4.79 Å². The summed E-state index contributed by atoms with van der Waals surface area (Å²) < 4.78 is 5.31. The zero-order chi connectivity index (χ0) is 14.3. The number of carboxylic acids is 1. The van der Waals surface area contributed by atoms with E-state index in [1.54, 1.807) is 16.2 Å². The molecule has 1 aliphatic heterocycles. The molecule has 6 heteroatoms. The molecule has 0 saturated carbocycles. The molecule has 0 unspecified atom stereocenters. The second-order valence-electron chi connectivity index (χ2n) is 5.71. The van der Waals surface area contributed by atoms with Crippen molar-refractivity contribution in [3.8, 4) is 0 Å². The van der Waals surface area contributed by atoms with Gasteiger partial charge < -0.3 is 14.7 Å². The largest absolute Gasteiger partial charge is 0.480 e. The Morgan fingerprint density at radius 1 is 1.45 bits per heavy atom. The van der Waals surface area contributed by atoms with E-state index >= 15 is 0 Å². The molecule has 0 radical (unpaired) electrons. The quantitative estimate of drug-likeness (QED) is 0.915. The Kier molecular flexibility index (Phi) is 3.30. The Bertz CT molecular complexity index is 538. The monoisotopic (exact) mass is 295 g/mol. The highest BCUT2D eigenvalue weighted by Gasteiger charge is 2.43. The highest BCUT2D eigenvalue weighted by Crippen LogP contribution is 2.33. The fraction of sp³-hybridized carbons (Fsp3) is 0.571. The topological polar surface area (TPSA) is 66.8 Å². The first-order chi connectivity index (χ1) is 9.47. The number of carbonyl (C=O) groups is 2. The molecule has 1 aliphatic carbocycles. The van der Waals surface area contributed by atoms with Gasteiger partial charge >= 0.3 is 5.97 Å². The molecule has 1 fully saturated rings. The zero-order valence-electron chi connectivity index (χ0n) is 11.3. The smallest absolute Gasteiger partial charge is 0.329 e. The van der Waals surface area contributed by atoms with Gasteiger partial charge in [-0.25, -0.2) is 4.79 Å². The van der Waals surface area contributed by atoms with Gasteiger partial charge in [-0.05, 0) is 37.8 Å². The molecule has 1 amide bonds. The lowest BCUT2D eigenvalue weighted by Crippen LogP contribution is -2.63. The zero-order valence-corrected chi connectivity index (χ0v) is 12.2. The van der Waals surface area contributed by atoms with Crippen LogP contribution in [0, 0.1) is 0 Å². The van der Waals surface area contributed by atoms with Crippen molar-refractivity contribution in [3.63, 3.8) is 0 Å². The van der Waals surface area contributed by atoms with Crippen molar-refractivity contribution in [2.24, 2.45) is 0 Å². The summed E-state index contributed by atoms with van der Waals surface area (Å²) in [6.07, 6.45) is 3.37. The Morgan fingerprint density at radius 3 is 2.85 bits per heavy atom. The number of fused-ring (bicyclic) bond motifs is 1. The summed E-state index contributed by atoms with van der Waals surface area (Å²) in [5, 5.41) is 8.61. The van der Waals surface area contributed by atoms with Crippen molar-refractivity contribution < 1.29 is 19.4 Å². The first-order valence-electron chi connectivity index (χ1n) is 6.73. The van der Waals surface area contributed by atoms with Gasteiger partial charge in [-0.1, -0.05) is 0 Å². The molecule has 0 bridgehead atoms. The summed E-state index contributed by atoms with van der Waals surface area (Å²) in [5.41, 5.74) is 0.803. The maximum absolute atomic E-state index is 12.3. The highest BCUT2D eigenvalue weighted by molar-refractivity contribution is 7.14. The van der Waals surface area contributed by atoms with Crippen LogP contribution in [0.1, 0.15) is 33.5 Å². The summed E-state index contributed by atoms with van der Waals surface area (Å²) in [6, 6.07) is 2.02. The average Bonchev–Trinajstić information content (AvgIpc) is 2.92. The van der Waals surface area contributed by atoms with Crippen molar-refractivity contribution in [1.82, 2.24) is 4.90 Å². The van der Waals surface area contributed by atoms with E-state index < -0.39 is 11.6 Å². The Morgan fingerprint density at radius 2 is 2.20 bits per heavy atom. The number of nitrogens with zero attached hydrogens (tertiary/aromatic N) is 1. The van der Waals surface area contributed by atoms with E-state index in [1.807, 2.05) is 13.0 Å². The number of aryl methyl sites for hydroxylation is 2. The van der Waals surface area contributed by atoms with E-state index in [9.17, 15) is 9.59 Å². The Labute approximate surface area is 121 Å². The number of hydrogen-bond donors (Lipinski definition) is 1. The van der Waals surface area contributed by atoms with E-state index in [0.717, 1.165) is 17.7 Å². The third-order valence-electron chi connectivity index (χ3n) is 3.84. The van der Waals surface area contributed by atoms with Gasteiger partial charge in [0.1, 0.15) is 12.2 Å². The van der Waals surface area contributed by atoms with Crippen molar-refractivity contribution in [3.05, 3.63) is 21.4 Å². The number of rotatable bonds is 4. The summed E-state index contributed by atoms with van der Waals surface area (Å²) in [5.74, 6) is -0.938. The van der Waals surface area contributed by atoms with Crippen molar-refractivity contribution in [2.45, 2.75) is 31.8 Å². The van der Waals surface area contributed by atoms with Gasteiger partial charge in [0.05, 0.1) is 18.0 Å². The lowest BCUT2D eigenvalue weighted by atomic mass is 9.96. The lowest BCUT2D eigenvalue weighted by molar-refractivity contribution is -0.159. The van der Waals surface area contributed by atoms with Crippen LogP contribution >= 0.6 is 11.3 Å². The van der Waals surface area contributed by atoms with E-state index in [2.05, 4.69) is 0 Å².